The molecule has 0 spiro atoms. The van der Waals surface area contributed by atoms with E-state index in [0.29, 0.717) is 6.54 Å². The second-order valence-corrected chi connectivity index (χ2v) is 6.34. The first-order chi connectivity index (χ1) is 10.0. The smallest absolute Gasteiger partial charge is 0.119 e. The van der Waals surface area contributed by atoms with Crippen LogP contribution in [-0.4, -0.2) is 19.2 Å². The highest BCUT2D eigenvalue weighted by atomic mass is 79.9. The molecule has 112 valence electrons. The normalized spacial score (nSPS) is 13.5. The van der Waals surface area contributed by atoms with Gasteiger partial charge in [-0.25, -0.2) is 0 Å². The average molecular weight is 349 g/mol. The predicted octanol–water partition coefficient (Wildman–Crippen LogP) is 3.83. The van der Waals surface area contributed by atoms with Crippen LogP contribution in [0.25, 0.3) is 0 Å². The molecular weight excluding hydrogens is 328 g/mol. The van der Waals surface area contributed by atoms with Crippen molar-refractivity contribution in [1.29, 1.82) is 0 Å². The fraction of sp³-hybridized carbons (Fsp3) is 0.294. The molecule has 21 heavy (non-hydrogen) atoms. The molecule has 0 amide bonds. The van der Waals surface area contributed by atoms with Crippen molar-refractivity contribution >= 4 is 21.6 Å². The average Bonchev–Trinajstić information content (AvgIpc) is 2.50. The first-order valence-electron chi connectivity index (χ1n) is 6.91. The van der Waals surface area contributed by atoms with Crippen molar-refractivity contribution in [3.63, 3.8) is 0 Å². The van der Waals surface area contributed by atoms with E-state index in [9.17, 15) is 0 Å². The Morgan fingerprint density at radius 1 is 1.10 bits per heavy atom. The summed E-state index contributed by atoms with van der Waals surface area (Å²) in [5.74, 6) is 0.850. The zero-order valence-corrected chi connectivity index (χ0v) is 14.0. The van der Waals surface area contributed by atoms with Gasteiger partial charge in [-0.2, -0.15) is 0 Å². The van der Waals surface area contributed by atoms with E-state index in [4.69, 9.17) is 10.5 Å². The van der Waals surface area contributed by atoms with Crippen LogP contribution in [0.2, 0.25) is 0 Å². The molecule has 1 atom stereocenters. The van der Waals surface area contributed by atoms with Crippen LogP contribution < -0.4 is 15.8 Å². The summed E-state index contributed by atoms with van der Waals surface area (Å²) in [6.45, 7) is 2.69. The van der Waals surface area contributed by atoms with Gasteiger partial charge < -0.3 is 15.8 Å². The molecule has 0 bridgehead atoms. The van der Waals surface area contributed by atoms with Crippen LogP contribution >= 0.6 is 15.9 Å². The van der Waals surface area contributed by atoms with Gasteiger partial charge in [0.25, 0.3) is 0 Å². The third-order valence-corrected chi connectivity index (χ3v) is 4.02. The maximum atomic E-state index is 5.99. The molecule has 0 aliphatic heterocycles. The number of hydrogen-bond acceptors (Lipinski definition) is 3. The second-order valence-electron chi connectivity index (χ2n) is 5.42. The molecule has 3 N–H and O–H groups in total. The van der Waals surface area contributed by atoms with Gasteiger partial charge in [-0.15, -0.1) is 0 Å². The van der Waals surface area contributed by atoms with Crippen LogP contribution in [0.4, 0.5) is 5.69 Å². The highest BCUT2D eigenvalue weighted by molar-refractivity contribution is 9.10. The monoisotopic (exact) mass is 348 g/mol. The van der Waals surface area contributed by atoms with E-state index in [-0.39, 0.29) is 5.54 Å². The molecule has 0 saturated carbocycles. The highest BCUT2D eigenvalue weighted by Crippen LogP contribution is 2.22. The molecule has 0 aliphatic rings. The van der Waals surface area contributed by atoms with Crippen molar-refractivity contribution in [1.82, 2.24) is 0 Å². The second kappa shape index (κ2) is 6.96. The summed E-state index contributed by atoms with van der Waals surface area (Å²) < 4.78 is 6.26. The Hall–Kier alpha value is -1.52. The van der Waals surface area contributed by atoms with Gasteiger partial charge in [0.15, 0.2) is 0 Å². The SMILES string of the molecule is COc1ccc(NC(C)(CN)Cc2ccc(Br)cc2)cc1. The molecule has 0 heterocycles. The first kappa shape index (κ1) is 15.9. The van der Waals surface area contributed by atoms with Crippen molar-refractivity contribution < 1.29 is 4.74 Å². The maximum absolute atomic E-state index is 5.99. The molecule has 2 aromatic carbocycles. The lowest BCUT2D eigenvalue weighted by Crippen LogP contribution is -2.44. The van der Waals surface area contributed by atoms with Crippen LogP contribution in [0.15, 0.2) is 53.0 Å². The first-order valence-corrected chi connectivity index (χ1v) is 7.71. The minimum atomic E-state index is -0.192. The largest absolute Gasteiger partial charge is 0.497 e. The molecular formula is C17H21BrN2O. The van der Waals surface area contributed by atoms with Crippen LogP contribution in [0.1, 0.15) is 12.5 Å². The van der Waals surface area contributed by atoms with Gasteiger partial charge in [-0.05, 0) is 55.3 Å². The van der Waals surface area contributed by atoms with E-state index in [1.807, 2.05) is 24.3 Å². The van der Waals surface area contributed by atoms with E-state index < -0.39 is 0 Å². The Labute approximate surface area is 134 Å². The van der Waals surface area contributed by atoms with E-state index in [2.05, 4.69) is 52.4 Å². The summed E-state index contributed by atoms with van der Waals surface area (Å²) in [4.78, 5) is 0. The van der Waals surface area contributed by atoms with Gasteiger partial charge in [0.2, 0.25) is 0 Å². The highest BCUT2D eigenvalue weighted by Gasteiger charge is 2.22. The Kier molecular flexibility index (Phi) is 5.26. The predicted molar refractivity (Wildman–Crippen MR) is 91.9 cm³/mol. The van der Waals surface area contributed by atoms with E-state index in [1.54, 1.807) is 7.11 Å². The minimum absolute atomic E-state index is 0.192. The molecule has 0 aliphatic carbocycles. The Morgan fingerprint density at radius 3 is 2.24 bits per heavy atom. The number of methoxy groups -OCH3 is 1. The summed E-state index contributed by atoms with van der Waals surface area (Å²) in [7, 11) is 1.67. The molecule has 0 radical (unpaired) electrons. The van der Waals surface area contributed by atoms with Gasteiger partial charge in [0, 0.05) is 16.7 Å². The number of hydrogen-bond donors (Lipinski definition) is 2. The van der Waals surface area contributed by atoms with E-state index in [0.717, 1.165) is 22.3 Å². The number of nitrogens with two attached hydrogens (primary N) is 1. The molecule has 4 heteroatoms. The molecule has 2 aromatic rings. The van der Waals surface area contributed by atoms with Crippen molar-refractivity contribution in [2.45, 2.75) is 18.9 Å². The van der Waals surface area contributed by atoms with Gasteiger partial charge in [-0.1, -0.05) is 28.1 Å². The third kappa shape index (κ3) is 4.48. The van der Waals surface area contributed by atoms with Crippen molar-refractivity contribution in [2.75, 3.05) is 19.0 Å². The number of nitrogens with one attached hydrogen (secondary N) is 1. The topological polar surface area (TPSA) is 47.3 Å². The standard InChI is InChI=1S/C17H21BrN2O/c1-17(12-19,11-13-3-5-14(18)6-4-13)20-15-7-9-16(21-2)10-8-15/h3-10,20H,11-12,19H2,1-2H3. The summed E-state index contributed by atoms with van der Waals surface area (Å²) in [5, 5.41) is 3.53. The Morgan fingerprint density at radius 2 is 1.71 bits per heavy atom. The number of anilines is 1. The minimum Gasteiger partial charge on any atom is -0.497 e. The van der Waals surface area contributed by atoms with Crippen LogP contribution in [-0.2, 0) is 6.42 Å². The van der Waals surface area contributed by atoms with Crippen LogP contribution in [0.3, 0.4) is 0 Å². The van der Waals surface area contributed by atoms with Gasteiger partial charge >= 0.3 is 0 Å². The molecule has 1 unspecified atom stereocenters. The fourth-order valence-electron chi connectivity index (χ4n) is 2.24. The fourth-order valence-corrected chi connectivity index (χ4v) is 2.51. The van der Waals surface area contributed by atoms with Gasteiger partial charge in [-0.3, -0.25) is 0 Å². The zero-order chi connectivity index (χ0) is 15.3. The van der Waals surface area contributed by atoms with E-state index >= 15 is 0 Å². The lowest BCUT2D eigenvalue weighted by molar-refractivity contribution is 0.415. The molecule has 2 rings (SSSR count). The van der Waals surface area contributed by atoms with Crippen molar-refractivity contribution in [2.24, 2.45) is 5.73 Å². The van der Waals surface area contributed by atoms with Gasteiger partial charge in [0.05, 0.1) is 12.6 Å². The molecule has 0 saturated heterocycles. The van der Waals surface area contributed by atoms with Gasteiger partial charge in [0.1, 0.15) is 5.75 Å². The number of benzene rings is 2. The molecule has 0 fully saturated rings. The lowest BCUT2D eigenvalue weighted by Gasteiger charge is -2.31. The quantitative estimate of drug-likeness (QED) is 0.833. The van der Waals surface area contributed by atoms with Crippen molar-refractivity contribution in [3.05, 3.63) is 58.6 Å². The summed E-state index contributed by atoms with van der Waals surface area (Å²) in [6, 6.07) is 16.3. The summed E-state index contributed by atoms with van der Waals surface area (Å²) >= 11 is 3.46. The molecule has 0 aromatic heterocycles. The number of halogens is 1. The van der Waals surface area contributed by atoms with Crippen LogP contribution in [0, 0.1) is 0 Å². The van der Waals surface area contributed by atoms with Crippen molar-refractivity contribution in [3.8, 4) is 5.75 Å². The Bertz CT molecular complexity index is 568. The Balaban J connectivity index is 2.10. The lowest BCUT2D eigenvalue weighted by atomic mass is 9.92. The summed E-state index contributed by atoms with van der Waals surface area (Å²) in [6.07, 6.45) is 0.864. The summed E-state index contributed by atoms with van der Waals surface area (Å²) in [5.41, 5.74) is 8.10. The zero-order valence-electron chi connectivity index (χ0n) is 12.4. The maximum Gasteiger partial charge on any atom is 0.119 e. The number of ether oxygens (including phenoxy) is 1. The molecule has 3 nitrogen and oxygen atoms in total. The third-order valence-electron chi connectivity index (χ3n) is 3.49. The van der Waals surface area contributed by atoms with E-state index in [1.165, 1.54) is 5.56 Å². The number of rotatable bonds is 6. The van der Waals surface area contributed by atoms with Crippen LogP contribution in [0.5, 0.6) is 5.75 Å².